The molecule has 0 unspecified atom stereocenters. The first kappa shape index (κ1) is 24.5. The summed E-state index contributed by atoms with van der Waals surface area (Å²) in [6.07, 6.45) is 3.34. The van der Waals surface area contributed by atoms with Crippen molar-refractivity contribution in [3.05, 3.63) is 54.9 Å². The first-order valence-electron chi connectivity index (χ1n) is 11.2. The summed E-state index contributed by atoms with van der Waals surface area (Å²) in [5, 5.41) is 3.62. The molecular weight excluding hydrogens is 466 g/mol. The maximum Gasteiger partial charge on any atom is 0.234 e. The Morgan fingerprint density at radius 1 is 0.914 bits per heavy atom. The summed E-state index contributed by atoms with van der Waals surface area (Å²) in [5.41, 5.74) is 1.65. The SMILES string of the molecule is COc1ccc(OC)c(NC(=O)CSc2nccnc2N2CCN(c3ccccc3OC)CC2)c1. The van der Waals surface area contributed by atoms with Crippen molar-refractivity contribution in [1.29, 1.82) is 0 Å². The molecule has 10 heteroatoms. The summed E-state index contributed by atoms with van der Waals surface area (Å²) >= 11 is 1.36. The number of rotatable bonds is 9. The van der Waals surface area contributed by atoms with Gasteiger partial charge in [0.25, 0.3) is 0 Å². The Hall–Kier alpha value is -3.66. The second kappa shape index (κ2) is 11.7. The quantitative estimate of drug-likeness (QED) is 0.448. The van der Waals surface area contributed by atoms with Gasteiger partial charge in [-0.2, -0.15) is 0 Å². The predicted octanol–water partition coefficient (Wildman–Crippen LogP) is 3.56. The molecule has 1 aliphatic rings. The zero-order valence-electron chi connectivity index (χ0n) is 20.1. The van der Waals surface area contributed by atoms with Crippen molar-refractivity contribution in [2.75, 3.05) is 68.4 Å². The molecule has 0 bridgehead atoms. The van der Waals surface area contributed by atoms with Crippen LogP contribution in [-0.4, -0.2) is 69.1 Å². The molecule has 1 fully saturated rings. The molecule has 1 aliphatic heterocycles. The van der Waals surface area contributed by atoms with Crippen LogP contribution in [0.3, 0.4) is 0 Å². The molecule has 0 radical (unpaired) electrons. The van der Waals surface area contributed by atoms with Crippen LogP contribution in [0.25, 0.3) is 0 Å². The lowest BCUT2D eigenvalue weighted by atomic mass is 10.2. The number of hydrogen-bond acceptors (Lipinski definition) is 9. The highest BCUT2D eigenvalue weighted by Crippen LogP contribution is 2.32. The molecule has 2 heterocycles. The average Bonchev–Trinajstić information content (AvgIpc) is 2.92. The van der Waals surface area contributed by atoms with Crippen molar-refractivity contribution < 1.29 is 19.0 Å². The number of aromatic nitrogens is 2. The summed E-state index contributed by atoms with van der Waals surface area (Å²) in [6, 6.07) is 13.3. The van der Waals surface area contributed by atoms with Crippen molar-refractivity contribution in [3.8, 4) is 17.2 Å². The number of carbonyl (C=O) groups excluding carboxylic acids is 1. The van der Waals surface area contributed by atoms with Crippen LogP contribution in [0.15, 0.2) is 59.9 Å². The predicted molar refractivity (Wildman–Crippen MR) is 138 cm³/mol. The highest BCUT2D eigenvalue weighted by molar-refractivity contribution is 8.00. The number of nitrogens with zero attached hydrogens (tertiary/aromatic N) is 4. The van der Waals surface area contributed by atoms with Gasteiger partial charge in [0.05, 0.1) is 38.5 Å². The largest absolute Gasteiger partial charge is 0.497 e. The second-order valence-electron chi connectivity index (χ2n) is 7.73. The van der Waals surface area contributed by atoms with E-state index in [1.807, 2.05) is 18.2 Å². The van der Waals surface area contributed by atoms with E-state index in [0.717, 1.165) is 48.5 Å². The van der Waals surface area contributed by atoms with Gasteiger partial charge in [0.2, 0.25) is 5.91 Å². The fraction of sp³-hybridized carbons (Fsp3) is 0.320. The van der Waals surface area contributed by atoms with Gasteiger partial charge < -0.3 is 29.3 Å². The monoisotopic (exact) mass is 495 g/mol. The average molecular weight is 496 g/mol. The number of ether oxygens (including phenoxy) is 3. The standard InChI is InChI=1S/C25H29N5O4S/c1-32-18-8-9-21(33-2)19(16-18)28-23(31)17-35-25-24(26-10-11-27-25)30-14-12-29(13-15-30)20-6-4-5-7-22(20)34-3/h4-11,16H,12-15,17H2,1-3H3,(H,28,31). The minimum Gasteiger partial charge on any atom is -0.497 e. The molecular formula is C25H29N5O4S. The third kappa shape index (κ3) is 5.89. The van der Waals surface area contributed by atoms with Crippen molar-refractivity contribution in [2.24, 2.45) is 0 Å². The van der Waals surface area contributed by atoms with Crippen LogP contribution in [0.4, 0.5) is 17.2 Å². The van der Waals surface area contributed by atoms with Crippen molar-refractivity contribution in [2.45, 2.75) is 5.03 Å². The first-order valence-corrected chi connectivity index (χ1v) is 12.2. The Balaban J connectivity index is 1.38. The molecule has 1 N–H and O–H groups in total. The molecule has 0 spiro atoms. The summed E-state index contributed by atoms with van der Waals surface area (Å²) in [4.78, 5) is 26.3. The molecule has 3 aromatic rings. The topological polar surface area (TPSA) is 89.0 Å². The van der Waals surface area contributed by atoms with E-state index in [1.54, 1.807) is 51.9 Å². The minimum absolute atomic E-state index is 0.167. The van der Waals surface area contributed by atoms with E-state index in [9.17, 15) is 4.79 Å². The molecule has 0 aliphatic carbocycles. The van der Waals surface area contributed by atoms with Gasteiger partial charge in [-0.25, -0.2) is 9.97 Å². The molecule has 2 aromatic carbocycles. The maximum absolute atomic E-state index is 12.7. The van der Waals surface area contributed by atoms with Crippen LogP contribution in [0.2, 0.25) is 0 Å². The van der Waals surface area contributed by atoms with E-state index in [0.29, 0.717) is 17.2 Å². The smallest absolute Gasteiger partial charge is 0.234 e. The fourth-order valence-electron chi connectivity index (χ4n) is 3.92. The fourth-order valence-corrected chi connectivity index (χ4v) is 4.71. The lowest BCUT2D eigenvalue weighted by Gasteiger charge is -2.37. The molecule has 9 nitrogen and oxygen atoms in total. The van der Waals surface area contributed by atoms with Gasteiger partial charge in [-0.05, 0) is 24.3 Å². The zero-order valence-corrected chi connectivity index (χ0v) is 20.9. The normalized spacial score (nSPS) is 13.3. The van der Waals surface area contributed by atoms with Crippen molar-refractivity contribution in [3.63, 3.8) is 0 Å². The van der Waals surface area contributed by atoms with E-state index in [-0.39, 0.29) is 11.7 Å². The van der Waals surface area contributed by atoms with E-state index >= 15 is 0 Å². The number of piperazine rings is 1. The van der Waals surface area contributed by atoms with Crippen LogP contribution in [0, 0.1) is 0 Å². The Labute approximate surface area is 209 Å². The van der Waals surface area contributed by atoms with Crippen LogP contribution >= 0.6 is 11.8 Å². The van der Waals surface area contributed by atoms with E-state index in [4.69, 9.17) is 14.2 Å². The number of para-hydroxylation sites is 2. The van der Waals surface area contributed by atoms with Gasteiger partial charge in [-0.15, -0.1) is 0 Å². The molecule has 4 rings (SSSR count). The summed E-state index contributed by atoms with van der Waals surface area (Å²) in [7, 11) is 4.83. The third-order valence-corrected chi connectivity index (χ3v) is 6.64. The van der Waals surface area contributed by atoms with Crippen molar-refractivity contribution >= 4 is 34.9 Å². The molecule has 184 valence electrons. The summed E-state index contributed by atoms with van der Waals surface area (Å²) in [5.74, 6) is 2.89. The number of methoxy groups -OCH3 is 3. The highest BCUT2D eigenvalue weighted by Gasteiger charge is 2.23. The van der Waals surface area contributed by atoms with Gasteiger partial charge in [0.1, 0.15) is 22.3 Å². The van der Waals surface area contributed by atoms with Crippen LogP contribution in [0.5, 0.6) is 17.2 Å². The molecule has 0 saturated carbocycles. The Kier molecular flexibility index (Phi) is 8.15. The van der Waals surface area contributed by atoms with Crippen LogP contribution in [-0.2, 0) is 4.79 Å². The molecule has 1 saturated heterocycles. The number of nitrogens with one attached hydrogen (secondary N) is 1. The third-order valence-electron chi connectivity index (χ3n) is 5.67. The number of thioether (sulfide) groups is 1. The van der Waals surface area contributed by atoms with Gasteiger partial charge in [-0.3, -0.25) is 4.79 Å². The zero-order chi connectivity index (χ0) is 24.6. The lowest BCUT2D eigenvalue weighted by molar-refractivity contribution is -0.113. The van der Waals surface area contributed by atoms with Crippen molar-refractivity contribution in [1.82, 2.24) is 9.97 Å². The maximum atomic E-state index is 12.7. The summed E-state index contributed by atoms with van der Waals surface area (Å²) in [6.45, 7) is 3.24. The van der Waals surface area contributed by atoms with Gasteiger partial charge in [-0.1, -0.05) is 23.9 Å². The molecule has 1 aromatic heterocycles. The molecule has 1 amide bonds. The van der Waals surface area contributed by atoms with Crippen LogP contribution in [0.1, 0.15) is 0 Å². The Bertz CT molecular complexity index is 1150. The molecule has 35 heavy (non-hydrogen) atoms. The number of benzene rings is 2. The minimum atomic E-state index is -0.167. The lowest BCUT2D eigenvalue weighted by Crippen LogP contribution is -2.47. The van der Waals surface area contributed by atoms with Gasteiger partial charge in [0.15, 0.2) is 5.82 Å². The van der Waals surface area contributed by atoms with E-state index in [1.165, 1.54) is 11.8 Å². The van der Waals surface area contributed by atoms with Gasteiger partial charge in [0, 0.05) is 44.6 Å². The number of carbonyl (C=O) groups is 1. The summed E-state index contributed by atoms with van der Waals surface area (Å²) < 4.78 is 16.1. The number of amides is 1. The van der Waals surface area contributed by atoms with Gasteiger partial charge >= 0.3 is 0 Å². The van der Waals surface area contributed by atoms with E-state index in [2.05, 4.69) is 31.2 Å². The Morgan fingerprint density at radius 2 is 1.63 bits per heavy atom. The van der Waals surface area contributed by atoms with Crippen LogP contribution < -0.4 is 29.3 Å². The first-order chi connectivity index (χ1) is 17.1. The second-order valence-corrected chi connectivity index (χ2v) is 8.70. The number of anilines is 3. The van der Waals surface area contributed by atoms with E-state index < -0.39 is 0 Å². The molecule has 0 atom stereocenters. The highest BCUT2D eigenvalue weighted by atomic mass is 32.2. The Morgan fingerprint density at radius 3 is 2.37 bits per heavy atom. The number of hydrogen-bond donors (Lipinski definition) is 1.